The third-order valence-corrected chi connectivity index (χ3v) is 3.01. The molecular formula is C12H20O16Tc. The molecule has 0 unspecified atom stereocenters. The predicted octanol–water partition coefficient (Wildman–Crippen LogP) is -6.80. The molecule has 1 radical (unpaired) electrons. The van der Waals surface area contributed by atoms with Gasteiger partial charge in [-0.25, -0.2) is 19.2 Å². The van der Waals surface area contributed by atoms with Gasteiger partial charge in [0.2, 0.25) is 0 Å². The third-order valence-electron chi connectivity index (χ3n) is 3.01. The molecule has 0 saturated carbocycles. The largest absolute Gasteiger partial charge is 0.479 e. The third kappa shape index (κ3) is 10.5. The topological polar surface area (TPSA) is 311 Å². The van der Waals surface area contributed by atoms with Gasteiger partial charge in [0.1, 0.15) is 24.4 Å². The van der Waals surface area contributed by atoms with Crippen LogP contribution in [0.1, 0.15) is 0 Å². The Kier molecular flexibility index (Phi) is 15.7. The number of hydrogen-bond donors (Lipinski definition) is 12. The van der Waals surface area contributed by atoms with Crippen LogP contribution in [-0.2, 0) is 39.3 Å². The van der Waals surface area contributed by atoms with Crippen molar-refractivity contribution in [2.45, 2.75) is 48.8 Å². The minimum Gasteiger partial charge on any atom is -0.479 e. The summed E-state index contributed by atoms with van der Waals surface area (Å²) in [5, 5.41) is 103. The van der Waals surface area contributed by atoms with Gasteiger partial charge in [-0.05, 0) is 0 Å². The zero-order valence-corrected chi connectivity index (χ0v) is 15.9. The number of aliphatic carboxylic acids is 4. The van der Waals surface area contributed by atoms with Gasteiger partial charge in [-0.1, -0.05) is 0 Å². The second-order valence-electron chi connectivity index (χ2n) is 5.09. The average molecular weight is 519 g/mol. The molecule has 29 heavy (non-hydrogen) atoms. The van der Waals surface area contributed by atoms with E-state index in [0.717, 1.165) is 0 Å². The van der Waals surface area contributed by atoms with Crippen LogP contribution in [0.15, 0.2) is 0 Å². The van der Waals surface area contributed by atoms with Crippen LogP contribution in [-0.4, -0.2) is 134 Å². The molecule has 0 spiro atoms. The molecule has 0 fully saturated rings. The SMILES string of the molecule is O=C(O)[C@@H](O)[C@@H](O)[C@H](O)[C@@H](O)C(=O)O.O=C(O)[C@@H](O)[C@@H](O)[C@H](O)[C@@H](O)C(=O)O.[99Tc]. The summed E-state index contributed by atoms with van der Waals surface area (Å²) in [5.74, 6) is -7.36. The fourth-order valence-corrected chi connectivity index (χ4v) is 1.33. The first-order chi connectivity index (χ1) is 12.6. The van der Waals surface area contributed by atoms with E-state index in [1.165, 1.54) is 0 Å². The Morgan fingerprint density at radius 3 is 0.552 bits per heavy atom. The standard InChI is InChI=1S/2C6H10O8.Tc/c2*7-1(3(9)5(11)12)2(8)4(10)6(13)14;/h2*1-4,7-10H,(H,11,12)(H,13,14);/t2*1-,2-,3-,4+;/m00./s1/i;;1+1. The zero-order valence-electron chi connectivity index (χ0n) is 14.0. The molecular weight excluding hydrogens is 499 g/mol. The quantitative estimate of drug-likeness (QED) is 0.128. The summed E-state index contributed by atoms with van der Waals surface area (Å²) in [6.07, 6.45) is -18.6. The Hall–Kier alpha value is -1.79. The van der Waals surface area contributed by atoms with Crippen LogP contribution in [0.3, 0.4) is 0 Å². The van der Waals surface area contributed by atoms with Crippen LogP contribution in [0.2, 0.25) is 0 Å². The number of hydrogen-bond acceptors (Lipinski definition) is 12. The van der Waals surface area contributed by atoms with Crippen molar-refractivity contribution >= 4 is 23.9 Å². The van der Waals surface area contributed by atoms with E-state index in [9.17, 15) is 19.2 Å². The molecule has 12 N–H and O–H groups in total. The van der Waals surface area contributed by atoms with Gasteiger partial charge in [-0.15, -0.1) is 0 Å². The molecule has 16 nitrogen and oxygen atoms in total. The van der Waals surface area contributed by atoms with Crippen molar-refractivity contribution in [1.82, 2.24) is 0 Å². The van der Waals surface area contributed by atoms with Crippen LogP contribution in [0.5, 0.6) is 0 Å². The summed E-state index contributed by atoms with van der Waals surface area (Å²) >= 11 is 0. The zero-order chi connectivity index (χ0) is 22.9. The van der Waals surface area contributed by atoms with Crippen molar-refractivity contribution < 1.29 is 101 Å². The molecule has 0 amide bonds. The molecule has 0 aliphatic carbocycles. The summed E-state index contributed by atoms with van der Waals surface area (Å²) in [6.45, 7) is 0. The van der Waals surface area contributed by atoms with E-state index in [-0.39, 0.29) is 20.1 Å². The van der Waals surface area contributed by atoms with Crippen LogP contribution in [0, 0.1) is 0 Å². The smallest absolute Gasteiger partial charge is 0.335 e. The Balaban J connectivity index is -0.000000451. The predicted molar refractivity (Wildman–Crippen MR) is 78.6 cm³/mol. The van der Waals surface area contributed by atoms with Gasteiger partial charge in [-0.3, -0.25) is 0 Å². The van der Waals surface area contributed by atoms with E-state index in [0.29, 0.717) is 0 Å². The molecule has 0 aliphatic rings. The Morgan fingerprint density at radius 1 is 0.379 bits per heavy atom. The summed E-state index contributed by atoms with van der Waals surface area (Å²) in [6, 6.07) is 0. The van der Waals surface area contributed by atoms with E-state index in [1.54, 1.807) is 0 Å². The monoisotopic (exact) mass is 519 g/mol. The van der Waals surface area contributed by atoms with E-state index in [1.807, 2.05) is 0 Å². The molecule has 0 bridgehead atoms. The fraction of sp³-hybridized carbons (Fsp3) is 0.667. The molecule has 0 aliphatic heterocycles. The molecule has 0 aromatic rings. The number of rotatable bonds is 10. The number of aliphatic hydroxyl groups excluding tert-OH is 8. The normalized spacial score (nSPS) is 18.8. The second kappa shape index (κ2) is 14.2. The maximum atomic E-state index is 10.1. The maximum Gasteiger partial charge on any atom is 0.335 e. The molecule has 0 aromatic heterocycles. The number of carboxylic acids is 4. The second-order valence-corrected chi connectivity index (χ2v) is 5.09. The van der Waals surface area contributed by atoms with E-state index in [4.69, 9.17) is 61.3 Å². The minimum atomic E-state index is -2.36. The Morgan fingerprint density at radius 2 is 0.483 bits per heavy atom. The first-order valence-corrected chi connectivity index (χ1v) is 6.93. The van der Waals surface area contributed by atoms with E-state index < -0.39 is 72.7 Å². The summed E-state index contributed by atoms with van der Waals surface area (Å²) < 4.78 is 0. The van der Waals surface area contributed by atoms with Gasteiger partial charge in [0.25, 0.3) is 0 Å². The van der Waals surface area contributed by atoms with Crippen LogP contribution in [0.4, 0.5) is 0 Å². The summed E-state index contributed by atoms with van der Waals surface area (Å²) in [7, 11) is 0. The van der Waals surface area contributed by atoms with Gasteiger partial charge >= 0.3 is 23.9 Å². The molecule has 0 rings (SSSR count). The van der Waals surface area contributed by atoms with Crippen molar-refractivity contribution in [2.75, 3.05) is 0 Å². The van der Waals surface area contributed by atoms with Crippen molar-refractivity contribution in [2.24, 2.45) is 0 Å². The fourth-order valence-electron chi connectivity index (χ4n) is 1.33. The van der Waals surface area contributed by atoms with Crippen LogP contribution in [0.25, 0.3) is 0 Å². The van der Waals surface area contributed by atoms with Gasteiger partial charge in [0, 0.05) is 20.1 Å². The Bertz CT molecular complexity index is 458. The Labute approximate surface area is 173 Å². The molecule has 0 heterocycles. The van der Waals surface area contributed by atoms with Gasteiger partial charge < -0.3 is 61.3 Å². The summed E-state index contributed by atoms with van der Waals surface area (Å²) in [4.78, 5) is 40.3. The number of carboxylic acid groups (broad SMARTS) is 4. The molecule has 17 heteroatoms. The minimum absolute atomic E-state index is 0. The van der Waals surface area contributed by atoms with Crippen LogP contribution >= 0.6 is 0 Å². The van der Waals surface area contributed by atoms with E-state index >= 15 is 0 Å². The molecule has 0 saturated heterocycles. The van der Waals surface area contributed by atoms with Crippen LogP contribution < -0.4 is 0 Å². The first kappa shape index (κ1) is 31.9. The molecule has 171 valence electrons. The van der Waals surface area contributed by atoms with Crippen molar-refractivity contribution in [3.63, 3.8) is 0 Å². The van der Waals surface area contributed by atoms with E-state index in [2.05, 4.69) is 0 Å². The molecule has 8 atom stereocenters. The summed E-state index contributed by atoms with van der Waals surface area (Å²) in [5.41, 5.74) is 0. The number of aliphatic hydroxyl groups is 8. The number of carbonyl (C=O) groups is 4. The van der Waals surface area contributed by atoms with Gasteiger partial charge in [0.05, 0.1) is 0 Å². The average Bonchev–Trinajstić information content (AvgIpc) is 2.62. The first-order valence-electron chi connectivity index (χ1n) is 6.93. The maximum absolute atomic E-state index is 10.1. The van der Waals surface area contributed by atoms with Gasteiger partial charge in [0.15, 0.2) is 24.4 Å². The van der Waals surface area contributed by atoms with Crippen molar-refractivity contribution in [3.05, 3.63) is 0 Å². The van der Waals surface area contributed by atoms with Crippen molar-refractivity contribution in [3.8, 4) is 0 Å². The molecule has 0 aromatic carbocycles. The van der Waals surface area contributed by atoms with Gasteiger partial charge in [-0.2, -0.15) is 0 Å². The van der Waals surface area contributed by atoms with Crippen molar-refractivity contribution in [1.29, 1.82) is 0 Å².